The second-order valence-corrected chi connectivity index (χ2v) is 14.7. The lowest BCUT2D eigenvalue weighted by Crippen LogP contribution is -2.00. The summed E-state index contributed by atoms with van der Waals surface area (Å²) in [6.07, 6.45) is 0.758. The summed E-state index contributed by atoms with van der Waals surface area (Å²) in [6, 6.07) is 73.6. The van der Waals surface area contributed by atoms with Crippen molar-refractivity contribution in [1.29, 1.82) is 0 Å². The van der Waals surface area contributed by atoms with Crippen molar-refractivity contribution in [2.45, 2.75) is 6.42 Å². The van der Waals surface area contributed by atoms with Crippen LogP contribution >= 0.6 is 0 Å². The van der Waals surface area contributed by atoms with Crippen molar-refractivity contribution in [1.82, 2.24) is 19.1 Å². The molecule has 0 fully saturated rings. The van der Waals surface area contributed by atoms with Gasteiger partial charge in [0.2, 0.25) is 0 Å². The normalized spacial score (nSPS) is 11.6. The standard InChI is InChI=1S/C53H36N4/c1-3-15-38(16-4-1)47-35-48(55-53(54-47)39-17-5-2-6-18-39)40-32-37(33-42(34-40)57-51-25-13-9-21-45(51)46-22-10-14-26-52(46)57)31-36-27-29-41(30-28-36)56-49-23-11-7-19-43(49)44-20-8-12-24-50(44)56/h1-30,32-35H,31H2. The van der Waals surface area contributed by atoms with E-state index in [1.807, 2.05) is 24.3 Å². The largest absolute Gasteiger partial charge is 0.309 e. The molecule has 0 saturated heterocycles. The molecule has 0 spiro atoms. The van der Waals surface area contributed by atoms with Crippen LogP contribution in [-0.2, 0) is 6.42 Å². The molecule has 8 aromatic carbocycles. The molecule has 3 aromatic heterocycles. The van der Waals surface area contributed by atoms with Gasteiger partial charge in [0.25, 0.3) is 0 Å². The van der Waals surface area contributed by atoms with Gasteiger partial charge in [0.05, 0.1) is 33.5 Å². The van der Waals surface area contributed by atoms with Gasteiger partial charge in [-0.05, 0) is 78.2 Å². The topological polar surface area (TPSA) is 35.6 Å². The van der Waals surface area contributed by atoms with E-state index < -0.39 is 0 Å². The molecule has 11 aromatic rings. The second kappa shape index (κ2) is 13.6. The number of nitrogens with zero attached hydrogens (tertiary/aromatic N) is 4. The van der Waals surface area contributed by atoms with Crippen LogP contribution in [0.3, 0.4) is 0 Å². The highest BCUT2D eigenvalue weighted by Crippen LogP contribution is 2.36. The average molecular weight is 729 g/mol. The van der Waals surface area contributed by atoms with E-state index in [0.29, 0.717) is 5.82 Å². The Labute approximate surface area is 330 Å². The summed E-state index contributed by atoms with van der Waals surface area (Å²) >= 11 is 0. The number of rotatable bonds is 7. The van der Waals surface area contributed by atoms with Crippen molar-refractivity contribution in [2.24, 2.45) is 0 Å². The molecule has 0 amide bonds. The highest BCUT2D eigenvalue weighted by atomic mass is 15.0. The number of fused-ring (bicyclic) bond motifs is 6. The quantitative estimate of drug-likeness (QED) is 0.164. The molecule has 4 heteroatoms. The van der Waals surface area contributed by atoms with E-state index in [1.54, 1.807) is 0 Å². The Hall–Kier alpha value is -7.56. The van der Waals surface area contributed by atoms with E-state index in [4.69, 9.17) is 9.97 Å². The van der Waals surface area contributed by atoms with Gasteiger partial charge in [-0.15, -0.1) is 0 Å². The number of para-hydroxylation sites is 4. The smallest absolute Gasteiger partial charge is 0.160 e. The SMILES string of the molecule is c1ccc(-c2cc(-c3cc(Cc4ccc(-n5c6ccccc6c6ccccc65)cc4)cc(-n4c5ccccc5c5ccccc54)c3)nc(-c3ccccc3)n2)cc1. The first-order valence-electron chi connectivity index (χ1n) is 19.5. The maximum atomic E-state index is 5.26. The van der Waals surface area contributed by atoms with Crippen molar-refractivity contribution in [3.05, 3.63) is 217 Å². The van der Waals surface area contributed by atoms with E-state index >= 15 is 0 Å². The molecule has 0 radical (unpaired) electrons. The van der Waals surface area contributed by atoms with E-state index in [-0.39, 0.29) is 0 Å². The van der Waals surface area contributed by atoms with Crippen LogP contribution in [0.4, 0.5) is 0 Å². The number of aromatic nitrogens is 4. The molecule has 57 heavy (non-hydrogen) atoms. The second-order valence-electron chi connectivity index (χ2n) is 14.7. The molecule has 0 N–H and O–H groups in total. The summed E-state index contributed by atoms with van der Waals surface area (Å²) in [5.41, 5.74) is 14.3. The molecule has 0 aliphatic heterocycles. The van der Waals surface area contributed by atoms with Gasteiger partial charge >= 0.3 is 0 Å². The molecule has 0 aliphatic carbocycles. The third-order valence-corrected chi connectivity index (χ3v) is 11.1. The van der Waals surface area contributed by atoms with Gasteiger partial charge in [0.15, 0.2) is 5.82 Å². The zero-order valence-corrected chi connectivity index (χ0v) is 31.1. The van der Waals surface area contributed by atoms with E-state index in [0.717, 1.165) is 45.9 Å². The summed E-state index contributed by atoms with van der Waals surface area (Å²) in [6.45, 7) is 0. The van der Waals surface area contributed by atoms with Crippen LogP contribution in [-0.4, -0.2) is 19.1 Å². The summed E-state index contributed by atoms with van der Waals surface area (Å²) in [7, 11) is 0. The molecule has 0 atom stereocenters. The van der Waals surface area contributed by atoms with Crippen LogP contribution in [0.15, 0.2) is 206 Å². The lowest BCUT2D eigenvalue weighted by atomic mass is 9.99. The lowest BCUT2D eigenvalue weighted by molar-refractivity contribution is 1.12. The zero-order valence-electron chi connectivity index (χ0n) is 31.1. The number of benzene rings is 8. The third-order valence-electron chi connectivity index (χ3n) is 11.1. The highest BCUT2D eigenvalue weighted by Gasteiger charge is 2.17. The average Bonchev–Trinajstić information content (AvgIpc) is 3.80. The molecule has 0 saturated carbocycles. The van der Waals surface area contributed by atoms with Gasteiger partial charge in [-0.1, -0.05) is 146 Å². The van der Waals surface area contributed by atoms with Gasteiger partial charge < -0.3 is 9.13 Å². The Morgan fingerprint density at radius 1 is 0.316 bits per heavy atom. The highest BCUT2D eigenvalue weighted by molar-refractivity contribution is 6.10. The fourth-order valence-electron chi connectivity index (χ4n) is 8.52. The van der Waals surface area contributed by atoms with E-state index in [1.165, 1.54) is 54.7 Å². The zero-order chi connectivity index (χ0) is 37.7. The maximum Gasteiger partial charge on any atom is 0.160 e. The molecule has 4 nitrogen and oxygen atoms in total. The Balaban J connectivity index is 1.08. The van der Waals surface area contributed by atoms with Crippen LogP contribution < -0.4 is 0 Å². The Morgan fingerprint density at radius 2 is 0.754 bits per heavy atom. The van der Waals surface area contributed by atoms with Crippen LogP contribution in [0.2, 0.25) is 0 Å². The van der Waals surface area contributed by atoms with Crippen molar-refractivity contribution >= 4 is 43.6 Å². The monoisotopic (exact) mass is 728 g/mol. The van der Waals surface area contributed by atoms with Crippen LogP contribution in [0, 0.1) is 0 Å². The molecule has 0 bridgehead atoms. The molecular weight excluding hydrogens is 693 g/mol. The van der Waals surface area contributed by atoms with Gasteiger partial charge in [0, 0.05) is 49.6 Å². The first-order chi connectivity index (χ1) is 28.2. The summed E-state index contributed by atoms with van der Waals surface area (Å²) < 4.78 is 4.78. The number of hydrogen-bond donors (Lipinski definition) is 0. The van der Waals surface area contributed by atoms with Crippen LogP contribution in [0.1, 0.15) is 11.1 Å². The summed E-state index contributed by atoms with van der Waals surface area (Å²) in [5, 5.41) is 5.00. The Kier molecular flexibility index (Phi) is 7.85. The fraction of sp³-hybridized carbons (Fsp3) is 0.0189. The first kappa shape index (κ1) is 32.8. The van der Waals surface area contributed by atoms with Gasteiger partial charge in [-0.2, -0.15) is 0 Å². The minimum Gasteiger partial charge on any atom is -0.309 e. The predicted molar refractivity (Wildman–Crippen MR) is 236 cm³/mol. The Bertz CT molecular complexity index is 3080. The summed E-state index contributed by atoms with van der Waals surface area (Å²) in [5.74, 6) is 0.705. The lowest BCUT2D eigenvalue weighted by Gasteiger charge is -2.15. The van der Waals surface area contributed by atoms with Crippen molar-refractivity contribution < 1.29 is 0 Å². The molecule has 0 unspecified atom stereocenters. The van der Waals surface area contributed by atoms with Crippen molar-refractivity contribution in [2.75, 3.05) is 0 Å². The summed E-state index contributed by atoms with van der Waals surface area (Å²) in [4.78, 5) is 10.4. The first-order valence-corrected chi connectivity index (χ1v) is 19.5. The fourth-order valence-corrected chi connectivity index (χ4v) is 8.52. The minimum atomic E-state index is 0.705. The minimum absolute atomic E-state index is 0.705. The molecule has 268 valence electrons. The molecule has 11 rings (SSSR count). The molecule has 3 heterocycles. The van der Waals surface area contributed by atoms with Crippen molar-refractivity contribution in [3.8, 4) is 45.3 Å². The molecule has 0 aliphatic rings. The van der Waals surface area contributed by atoms with E-state index in [9.17, 15) is 0 Å². The van der Waals surface area contributed by atoms with Gasteiger partial charge in [-0.3, -0.25) is 0 Å². The van der Waals surface area contributed by atoms with Gasteiger partial charge in [0.1, 0.15) is 0 Å². The van der Waals surface area contributed by atoms with Crippen LogP contribution in [0.5, 0.6) is 0 Å². The van der Waals surface area contributed by atoms with Crippen LogP contribution in [0.25, 0.3) is 88.9 Å². The van der Waals surface area contributed by atoms with Gasteiger partial charge in [-0.25, -0.2) is 9.97 Å². The van der Waals surface area contributed by atoms with Crippen molar-refractivity contribution in [3.63, 3.8) is 0 Å². The van der Waals surface area contributed by atoms with E-state index in [2.05, 4.69) is 191 Å². The molecular formula is C53H36N4. The predicted octanol–water partition coefficient (Wildman–Crippen LogP) is 13.3. The Morgan fingerprint density at radius 3 is 1.28 bits per heavy atom. The third kappa shape index (κ3) is 5.78. The maximum absolute atomic E-state index is 5.26. The number of hydrogen-bond acceptors (Lipinski definition) is 2.